The summed E-state index contributed by atoms with van der Waals surface area (Å²) in [5.74, 6) is 0.00551. The van der Waals surface area contributed by atoms with Crippen molar-refractivity contribution in [3.8, 4) is 6.07 Å². The van der Waals surface area contributed by atoms with Crippen molar-refractivity contribution < 1.29 is 4.79 Å². The van der Waals surface area contributed by atoms with Crippen LogP contribution in [0.3, 0.4) is 0 Å². The zero-order valence-electron chi connectivity index (χ0n) is 14.5. The molecule has 0 bridgehead atoms. The number of rotatable bonds is 8. The van der Waals surface area contributed by atoms with Gasteiger partial charge < -0.3 is 4.90 Å². The number of likely N-dealkylation sites (N-methyl/N-ethyl adjacent to an activating group) is 1. The van der Waals surface area contributed by atoms with Crippen molar-refractivity contribution in [2.24, 2.45) is 0 Å². The first-order valence-electron chi connectivity index (χ1n) is 8.28. The van der Waals surface area contributed by atoms with Crippen LogP contribution in [0.5, 0.6) is 0 Å². The van der Waals surface area contributed by atoms with Crippen LogP contribution in [0.4, 0.5) is 5.69 Å². The van der Waals surface area contributed by atoms with E-state index in [1.165, 1.54) is 11.3 Å². The number of carbonyl (C=O) groups excluding carboxylic acids is 1. The van der Waals surface area contributed by atoms with E-state index in [1.54, 1.807) is 4.90 Å². The summed E-state index contributed by atoms with van der Waals surface area (Å²) in [6, 6.07) is 15.2. The fraction of sp³-hybridized carbons (Fsp3) is 0.368. The number of hydrogen-bond acceptors (Lipinski definition) is 4. The third-order valence-electron chi connectivity index (χ3n) is 4.08. The fourth-order valence-electron chi connectivity index (χ4n) is 2.68. The molecule has 0 saturated carbocycles. The number of carbonyl (C=O) groups is 1. The molecule has 2 rings (SSSR count). The molecule has 4 nitrogen and oxygen atoms in total. The molecule has 0 fully saturated rings. The lowest BCUT2D eigenvalue weighted by Gasteiger charge is -2.31. The molecule has 1 amide bonds. The molecular weight excluding hydrogens is 354 g/mol. The van der Waals surface area contributed by atoms with Gasteiger partial charge in [-0.05, 0) is 37.7 Å². The van der Waals surface area contributed by atoms with E-state index in [2.05, 4.69) is 11.0 Å². The van der Waals surface area contributed by atoms with Gasteiger partial charge in [0.25, 0.3) is 0 Å². The Bertz CT molecular complexity index is 726. The van der Waals surface area contributed by atoms with Crippen LogP contribution < -0.4 is 4.90 Å². The molecule has 1 atom stereocenters. The highest BCUT2D eigenvalue weighted by Crippen LogP contribution is 2.24. The SMILES string of the molecule is CCN(Cc1ccc(Cl)s1)C(C)C(=O)N(CCC#N)c1ccccc1. The minimum absolute atomic E-state index is 0.00551. The van der Waals surface area contributed by atoms with Crippen molar-refractivity contribution in [2.45, 2.75) is 32.9 Å². The van der Waals surface area contributed by atoms with E-state index in [4.69, 9.17) is 16.9 Å². The Balaban J connectivity index is 2.16. The first kappa shape index (κ1) is 19.5. The lowest BCUT2D eigenvalue weighted by Crippen LogP contribution is -2.47. The van der Waals surface area contributed by atoms with E-state index in [9.17, 15) is 4.79 Å². The molecule has 0 aliphatic rings. The number of thiophene rings is 1. The standard InChI is InChI=1S/C19H22ClN3OS/c1-3-22(14-17-10-11-18(20)25-17)15(2)19(24)23(13-7-12-21)16-8-5-4-6-9-16/h4-6,8-11,15H,3,7,13-14H2,1-2H3. The Labute approximate surface area is 158 Å². The van der Waals surface area contributed by atoms with E-state index < -0.39 is 0 Å². The van der Waals surface area contributed by atoms with Gasteiger partial charge in [-0.25, -0.2) is 0 Å². The first-order chi connectivity index (χ1) is 12.1. The van der Waals surface area contributed by atoms with Crippen molar-refractivity contribution in [2.75, 3.05) is 18.0 Å². The summed E-state index contributed by atoms with van der Waals surface area (Å²) in [4.78, 5) is 18.1. The summed E-state index contributed by atoms with van der Waals surface area (Å²) >= 11 is 7.55. The van der Waals surface area contributed by atoms with Gasteiger partial charge in [0.15, 0.2) is 0 Å². The van der Waals surface area contributed by atoms with Crippen LogP contribution >= 0.6 is 22.9 Å². The van der Waals surface area contributed by atoms with Gasteiger partial charge in [0, 0.05) is 23.7 Å². The zero-order chi connectivity index (χ0) is 18.2. The van der Waals surface area contributed by atoms with Crippen LogP contribution in [-0.2, 0) is 11.3 Å². The van der Waals surface area contributed by atoms with E-state index in [0.717, 1.165) is 21.4 Å². The molecule has 132 valence electrons. The lowest BCUT2D eigenvalue weighted by molar-refractivity contribution is -0.123. The molecule has 1 aromatic carbocycles. The van der Waals surface area contributed by atoms with E-state index in [1.807, 2.05) is 56.3 Å². The molecule has 0 spiro atoms. The van der Waals surface area contributed by atoms with Crippen LogP contribution in [0.15, 0.2) is 42.5 Å². The first-order valence-corrected chi connectivity index (χ1v) is 9.48. The third-order valence-corrected chi connectivity index (χ3v) is 5.30. The van der Waals surface area contributed by atoms with Gasteiger partial charge in [-0.1, -0.05) is 36.7 Å². The minimum Gasteiger partial charge on any atom is -0.310 e. The van der Waals surface area contributed by atoms with Crippen molar-refractivity contribution in [1.82, 2.24) is 4.90 Å². The van der Waals surface area contributed by atoms with Crippen LogP contribution in [-0.4, -0.2) is 29.9 Å². The molecule has 6 heteroatoms. The molecule has 1 aromatic heterocycles. The maximum Gasteiger partial charge on any atom is 0.244 e. The highest BCUT2D eigenvalue weighted by atomic mass is 35.5. The molecule has 0 N–H and O–H groups in total. The summed E-state index contributed by atoms with van der Waals surface area (Å²) in [5, 5.41) is 8.93. The largest absolute Gasteiger partial charge is 0.310 e. The Kier molecular flexibility index (Phi) is 7.45. The number of hydrogen-bond donors (Lipinski definition) is 0. The van der Waals surface area contributed by atoms with Gasteiger partial charge >= 0.3 is 0 Å². The summed E-state index contributed by atoms with van der Waals surface area (Å²) in [5.41, 5.74) is 0.824. The van der Waals surface area contributed by atoms with E-state index >= 15 is 0 Å². The van der Waals surface area contributed by atoms with Gasteiger partial charge in [0.05, 0.1) is 22.9 Å². The van der Waals surface area contributed by atoms with Gasteiger partial charge in [0.1, 0.15) is 0 Å². The quantitative estimate of drug-likeness (QED) is 0.679. The third kappa shape index (κ3) is 5.30. The lowest BCUT2D eigenvalue weighted by atomic mass is 10.2. The number of amides is 1. The Hall–Kier alpha value is -1.87. The van der Waals surface area contributed by atoms with Crippen LogP contribution in [0.25, 0.3) is 0 Å². The number of nitriles is 1. The highest BCUT2D eigenvalue weighted by Gasteiger charge is 2.26. The summed E-state index contributed by atoms with van der Waals surface area (Å²) in [6.45, 7) is 5.79. The van der Waals surface area contributed by atoms with Gasteiger partial charge in [-0.15, -0.1) is 11.3 Å². The summed E-state index contributed by atoms with van der Waals surface area (Å²) in [6.07, 6.45) is 0.306. The van der Waals surface area contributed by atoms with Gasteiger partial charge in [0.2, 0.25) is 5.91 Å². The van der Waals surface area contributed by atoms with Crippen LogP contribution in [0, 0.1) is 11.3 Å². The molecule has 0 aliphatic carbocycles. The molecule has 1 heterocycles. The summed E-state index contributed by atoms with van der Waals surface area (Å²) < 4.78 is 0.755. The number of halogens is 1. The average Bonchev–Trinajstić information content (AvgIpc) is 3.05. The number of para-hydroxylation sites is 1. The van der Waals surface area contributed by atoms with Crippen molar-refractivity contribution in [3.05, 3.63) is 51.7 Å². The summed E-state index contributed by atoms with van der Waals surface area (Å²) in [7, 11) is 0. The number of nitrogens with zero attached hydrogens (tertiary/aromatic N) is 3. The topological polar surface area (TPSA) is 47.3 Å². The predicted molar refractivity (Wildman–Crippen MR) is 104 cm³/mol. The minimum atomic E-state index is -0.287. The second kappa shape index (κ2) is 9.57. The monoisotopic (exact) mass is 375 g/mol. The molecule has 2 aromatic rings. The zero-order valence-corrected chi connectivity index (χ0v) is 16.1. The molecule has 0 saturated heterocycles. The average molecular weight is 376 g/mol. The Morgan fingerprint density at radius 1 is 1.28 bits per heavy atom. The molecule has 1 unspecified atom stereocenters. The van der Waals surface area contributed by atoms with Crippen molar-refractivity contribution in [1.29, 1.82) is 5.26 Å². The highest BCUT2D eigenvalue weighted by molar-refractivity contribution is 7.16. The predicted octanol–water partition coefficient (Wildman–Crippen LogP) is 4.56. The number of benzene rings is 1. The van der Waals surface area contributed by atoms with Crippen LogP contribution in [0.2, 0.25) is 4.34 Å². The fourth-order valence-corrected chi connectivity index (χ4v) is 3.79. The normalized spacial score (nSPS) is 12.0. The van der Waals surface area contributed by atoms with Crippen molar-refractivity contribution >= 4 is 34.5 Å². The van der Waals surface area contributed by atoms with Gasteiger partial charge in [-0.3, -0.25) is 9.69 Å². The molecule has 0 radical (unpaired) electrons. The molecular formula is C19H22ClN3OS. The van der Waals surface area contributed by atoms with Gasteiger partial charge in [-0.2, -0.15) is 5.26 Å². The maximum absolute atomic E-state index is 13.1. The molecule has 0 aliphatic heterocycles. The number of anilines is 1. The maximum atomic E-state index is 13.1. The van der Waals surface area contributed by atoms with Crippen LogP contribution in [0.1, 0.15) is 25.1 Å². The Morgan fingerprint density at radius 3 is 2.56 bits per heavy atom. The smallest absolute Gasteiger partial charge is 0.244 e. The van der Waals surface area contributed by atoms with E-state index in [0.29, 0.717) is 19.5 Å². The van der Waals surface area contributed by atoms with E-state index in [-0.39, 0.29) is 11.9 Å². The molecule has 25 heavy (non-hydrogen) atoms. The Morgan fingerprint density at radius 2 is 2.00 bits per heavy atom. The van der Waals surface area contributed by atoms with Crippen molar-refractivity contribution in [3.63, 3.8) is 0 Å². The second-order valence-corrected chi connectivity index (χ2v) is 7.48. The second-order valence-electron chi connectivity index (χ2n) is 5.68.